The monoisotopic (exact) mass is 262 g/mol. The first-order chi connectivity index (χ1) is 9.81. The van der Waals surface area contributed by atoms with Crippen molar-refractivity contribution in [2.24, 2.45) is 0 Å². The number of phenols is 1. The van der Waals surface area contributed by atoms with E-state index in [-0.39, 0.29) is 5.75 Å². The van der Waals surface area contributed by atoms with Crippen molar-refractivity contribution in [2.75, 3.05) is 0 Å². The highest BCUT2D eigenvalue weighted by Crippen LogP contribution is 2.31. The fourth-order valence-electron chi connectivity index (χ4n) is 2.80. The average molecular weight is 262 g/mol. The first kappa shape index (κ1) is 11.3. The molecule has 0 fully saturated rings. The van der Waals surface area contributed by atoms with Crippen LogP contribution in [-0.4, -0.2) is 14.7 Å². The Morgan fingerprint density at radius 1 is 1.05 bits per heavy atom. The van der Waals surface area contributed by atoms with Gasteiger partial charge in [-0.3, -0.25) is 0 Å². The third-order valence-electron chi connectivity index (χ3n) is 3.80. The van der Waals surface area contributed by atoms with Crippen LogP contribution in [0, 0.1) is 0 Å². The van der Waals surface area contributed by atoms with E-state index in [1.165, 1.54) is 11.1 Å². The molecule has 0 saturated heterocycles. The van der Waals surface area contributed by atoms with E-state index in [1.54, 1.807) is 12.1 Å². The molecule has 0 radical (unpaired) electrons. The van der Waals surface area contributed by atoms with Gasteiger partial charge in [0.05, 0.1) is 5.69 Å². The molecule has 1 aliphatic heterocycles. The SMILES string of the molecule is Oc1cccc(-c2cn3c(n2)-c2ccccc2CC3)c1. The van der Waals surface area contributed by atoms with Gasteiger partial charge in [-0.2, -0.15) is 0 Å². The molecule has 0 spiro atoms. The predicted octanol–water partition coefficient (Wildman–Crippen LogP) is 3.48. The van der Waals surface area contributed by atoms with Crippen LogP contribution in [0.5, 0.6) is 5.75 Å². The van der Waals surface area contributed by atoms with Gasteiger partial charge in [-0.05, 0) is 24.1 Å². The van der Waals surface area contributed by atoms with Crippen molar-refractivity contribution >= 4 is 0 Å². The fraction of sp³-hybridized carbons (Fsp3) is 0.118. The topological polar surface area (TPSA) is 38.0 Å². The quantitative estimate of drug-likeness (QED) is 0.729. The molecule has 98 valence electrons. The second kappa shape index (κ2) is 4.23. The molecule has 0 amide bonds. The van der Waals surface area contributed by atoms with Gasteiger partial charge in [0.2, 0.25) is 0 Å². The number of aryl methyl sites for hydroxylation is 2. The minimum atomic E-state index is 0.272. The summed E-state index contributed by atoms with van der Waals surface area (Å²) in [7, 11) is 0. The molecule has 3 aromatic rings. The van der Waals surface area contributed by atoms with E-state index in [0.29, 0.717) is 0 Å². The number of nitrogens with zero attached hydrogens (tertiary/aromatic N) is 2. The van der Waals surface area contributed by atoms with E-state index in [0.717, 1.165) is 30.0 Å². The Hall–Kier alpha value is -2.55. The lowest BCUT2D eigenvalue weighted by molar-refractivity contribution is 0.475. The number of hydrogen-bond acceptors (Lipinski definition) is 2. The molecule has 0 aliphatic carbocycles. The maximum atomic E-state index is 9.60. The van der Waals surface area contributed by atoms with E-state index >= 15 is 0 Å². The highest BCUT2D eigenvalue weighted by Gasteiger charge is 2.18. The van der Waals surface area contributed by atoms with Gasteiger partial charge in [0.1, 0.15) is 11.6 Å². The van der Waals surface area contributed by atoms with Gasteiger partial charge in [0, 0.05) is 23.9 Å². The smallest absolute Gasteiger partial charge is 0.140 e. The van der Waals surface area contributed by atoms with Crippen molar-refractivity contribution in [1.29, 1.82) is 0 Å². The fourth-order valence-corrected chi connectivity index (χ4v) is 2.80. The van der Waals surface area contributed by atoms with E-state index in [1.807, 2.05) is 12.1 Å². The second-order valence-corrected chi connectivity index (χ2v) is 5.10. The highest BCUT2D eigenvalue weighted by molar-refractivity contribution is 5.68. The van der Waals surface area contributed by atoms with Gasteiger partial charge >= 0.3 is 0 Å². The van der Waals surface area contributed by atoms with Crippen molar-refractivity contribution in [3.8, 4) is 28.4 Å². The first-order valence-electron chi connectivity index (χ1n) is 6.76. The molecular formula is C17H14N2O. The number of phenolic OH excluding ortho intramolecular Hbond substituents is 1. The lowest BCUT2D eigenvalue weighted by Gasteiger charge is -2.17. The Morgan fingerprint density at radius 2 is 1.95 bits per heavy atom. The van der Waals surface area contributed by atoms with E-state index < -0.39 is 0 Å². The van der Waals surface area contributed by atoms with Crippen LogP contribution in [0.1, 0.15) is 5.56 Å². The standard InChI is InChI=1S/C17H14N2O/c20-14-6-3-5-13(10-14)16-11-19-9-8-12-4-1-2-7-15(12)17(19)18-16/h1-7,10-11,20H,8-9H2. The lowest BCUT2D eigenvalue weighted by Crippen LogP contribution is -2.09. The van der Waals surface area contributed by atoms with Gasteiger partial charge in [0.25, 0.3) is 0 Å². The molecule has 1 aliphatic rings. The molecule has 4 rings (SSSR count). The zero-order valence-corrected chi connectivity index (χ0v) is 11.0. The number of rotatable bonds is 1. The summed E-state index contributed by atoms with van der Waals surface area (Å²) in [6.07, 6.45) is 3.11. The summed E-state index contributed by atoms with van der Waals surface area (Å²) in [6, 6.07) is 15.7. The van der Waals surface area contributed by atoms with Gasteiger partial charge in [-0.1, -0.05) is 36.4 Å². The number of hydrogen-bond donors (Lipinski definition) is 1. The lowest BCUT2D eigenvalue weighted by atomic mass is 10.0. The Morgan fingerprint density at radius 3 is 2.85 bits per heavy atom. The summed E-state index contributed by atoms with van der Waals surface area (Å²) in [5, 5.41) is 9.60. The van der Waals surface area contributed by atoms with Crippen LogP contribution in [0.25, 0.3) is 22.6 Å². The maximum absolute atomic E-state index is 9.60. The van der Waals surface area contributed by atoms with Crippen LogP contribution < -0.4 is 0 Å². The summed E-state index contributed by atoms with van der Waals surface area (Å²) in [5.41, 5.74) is 4.43. The van der Waals surface area contributed by atoms with Crippen molar-refractivity contribution in [2.45, 2.75) is 13.0 Å². The summed E-state index contributed by atoms with van der Waals surface area (Å²) in [5.74, 6) is 1.29. The van der Waals surface area contributed by atoms with E-state index in [2.05, 4.69) is 35.0 Å². The van der Waals surface area contributed by atoms with Gasteiger partial charge in [-0.15, -0.1) is 0 Å². The third-order valence-corrected chi connectivity index (χ3v) is 3.80. The Bertz CT molecular complexity index is 789. The third kappa shape index (κ3) is 1.71. The summed E-state index contributed by atoms with van der Waals surface area (Å²) < 4.78 is 2.20. The molecule has 1 N–H and O–H groups in total. The van der Waals surface area contributed by atoms with E-state index in [9.17, 15) is 5.11 Å². The first-order valence-corrected chi connectivity index (χ1v) is 6.76. The number of imidazole rings is 1. The van der Waals surface area contributed by atoms with Crippen LogP contribution in [0.4, 0.5) is 0 Å². The second-order valence-electron chi connectivity index (χ2n) is 5.10. The van der Waals surface area contributed by atoms with Crippen LogP contribution in [0.3, 0.4) is 0 Å². The maximum Gasteiger partial charge on any atom is 0.140 e. The number of aromatic nitrogens is 2. The van der Waals surface area contributed by atoms with E-state index in [4.69, 9.17) is 4.98 Å². The van der Waals surface area contributed by atoms with Crippen molar-refractivity contribution in [3.63, 3.8) is 0 Å². The van der Waals surface area contributed by atoms with Crippen LogP contribution in [-0.2, 0) is 13.0 Å². The van der Waals surface area contributed by atoms with Crippen LogP contribution >= 0.6 is 0 Å². The summed E-state index contributed by atoms with van der Waals surface area (Å²) in [6.45, 7) is 0.957. The highest BCUT2D eigenvalue weighted by atomic mass is 16.3. The Balaban J connectivity index is 1.86. The van der Waals surface area contributed by atoms with Gasteiger partial charge in [-0.25, -0.2) is 4.98 Å². The molecule has 1 aromatic heterocycles. The van der Waals surface area contributed by atoms with Gasteiger partial charge < -0.3 is 9.67 Å². The van der Waals surface area contributed by atoms with Crippen LogP contribution in [0.15, 0.2) is 54.7 Å². The molecule has 3 heteroatoms. The molecule has 0 bridgehead atoms. The molecule has 2 aromatic carbocycles. The Kier molecular flexibility index (Phi) is 2.39. The largest absolute Gasteiger partial charge is 0.508 e. The number of fused-ring (bicyclic) bond motifs is 3. The zero-order chi connectivity index (χ0) is 13.5. The zero-order valence-electron chi connectivity index (χ0n) is 11.0. The van der Waals surface area contributed by atoms with Crippen molar-refractivity contribution < 1.29 is 5.11 Å². The number of aromatic hydroxyl groups is 1. The molecule has 0 unspecified atom stereocenters. The van der Waals surface area contributed by atoms with Gasteiger partial charge in [0.15, 0.2) is 0 Å². The summed E-state index contributed by atoms with van der Waals surface area (Å²) >= 11 is 0. The minimum absolute atomic E-state index is 0.272. The normalized spacial score (nSPS) is 12.8. The molecular weight excluding hydrogens is 248 g/mol. The molecule has 0 saturated carbocycles. The molecule has 0 atom stereocenters. The number of benzene rings is 2. The predicted molar refractivity (Wildman–Crippen MR) is 78.5 cm³/mol. The molecule has 20 heavy (non-hydrogen) atoms. The van der Waals surface area contributed by atoms with Crippen molar-refractivity contribution in [1.82, 2.24) is 9.55 Å². The molecule has 3 nitrogen and oxygen atoms in total. The minimum Gasteiger partial charge on any atom is -0.508 e. The Labute approximate surface area is 117 Å². The molecule has 2 heterocycles. The average Bonchev–Trinajstić information content (AvgIpc) is 2.92. The van der Waals surface area contributed by atoms with Crippen LogP contribution in [0.2, 0.25) is 0 Å². The van der Waals surface area contributed by atoms with Crippen molar-refractivity contribution in [3.05, 3.63) is 60.3 Å². The summed E-state index contributed by atoms with van der Waals surface area (Å²) in [4.78, 5) is 4.76.